The molecular weight excluding hydrogens is 428 g/mol. The van der Waals surface area contributed by atoms with E-state index in [2.05, 4.69) is 59.0 Å². The van der Waals surface area contributed by atoms with Crippen LogP contribution in [0.5, 0.6) is 0 Å². The summed E-state index contributed by atoms with van der Waals surface area (Å²) in [6.45, 7) is 0. The number of hydrogen-bond donors (Lipinski definition) is 0. The minimum absolute atomic E-state index is 0.857. The fraction of sp³-hybridized carbons (Fsp3) is 0.0645. The molecule has 162 valence electrons. The maximum Gasteiger partial charge on any atom is 0.166 e. The van der Waals surface area contributed by atoms with Gasteiger partial charge < -0.3 is 0 Å². The minimum Gasteiger partial charge on any atom is -0.260 e. The van der Waals surface area contributed by atoms with E-state index in [-0.39, 0.29) is 0 Å². The van der Waals surface area contributed by atoms with E-state index in [1.54, 1.807) is 0 Å². The van der Waals surface area contributed by atoms with Crippen molar-refractivity contribution in [3.8, 4) is 22.3 Å². The van der Waals surface area contributed by atoms with Crippen molar-refractivity contribution in [2.45, 2.75) is 12.8 Å². The molecule has 0 atom stereocenters. The Morgan fingerprint density at radius 2 is 1.37 bits per heavy atom. The second-order valence-corrected chi connectivity index (χ2v) is 9.65. The lowest BCUT2D eigenvalue weighted by molar-refractivity contribution is 1.19. The third-order valence-electron chi connectivity index (χ3n) is 7.92. The molecular formula is C31H18N4. The Morgan fingerprint density at radius 1 is 0.571 bits per heavy atom. The molecule has 0 fully saturated rings. The van der Waals surface area contributed by atoms with E-state index >= 15 is 0 Å². The standard InChI is InChI=1S/C31H18N4/c1-2-6-20-17(5-1)15-18-9-10-19-16-24-22(27(19)26(18)20)12-11-21-23-7-3-13-32-29(23)35-30-25(8-4-14-33-30)34-31(35)28(21)24/h1-14H,15-16H2. The van der Waals surface area contributed by atoms with Crippen LogP contribution in [0.25, 0.3) is 60.9 Å². The number of fused-ring (bicyclic) bond motifs is 16. The van der Waals surface area contributed by atoms with Crippen LogP contribution < -0.4 is 0 Å². The van der Waals surface area contributed by atoms with Crippen LogP contribution in [-0.2, 0) is 12.8 Å². The smallest absolute Gasteiger partial charge is 0.166 e. The Labute approximate surface area is 200 Å². The summed E-state index contributed by atoms with van der Waals surface area (Å²) in [5.74, 6) is 0. The summed E-state index contributed by atoms with van der Waals surface area (Å²) in [6.07, 6.45) is 5.61. The van der Waals surface area contributed by atoms with Crippen LogP contribution in [0.1, 0.15) is 22.3 Å². The number of nitrogens with zero attached hydrogens (tertiary/aromatic N) is 4. The van der Waals surface area contributed by atoms with Crippen molar-refractivity contribution in [3.63, 3.8) is 0 Å². The molecule has 0 unspecified atom stereocenters. The highest BCUT2D eigenvalue weighted by Crippen LogP contribution is 2.51. The molecule has 2 aliphatic carbocycles. The van der Waals surface area contributed by atoms with E-state index in [0.717, 1.165) is 40.7 Å². The van der Waals surface area contributed by atoms with Gasteiger partial charge in [0.1, 0.15) is 16.8 Å². The van der Waals surface area contributed by atoms with Gasteiger partial charge in [0.15, 0.2) is 5.65 Å². The summed E-state index contributed by atoms with van der Waals surface area (Å²) in [5.41, 5.74) is 14.8. The predicted octanol–water partition coefficient (Wildman–Crippen LogP) is 6.73. The van der Waals surface area contributed by atoms with Gasteiger partial charge in [0.25, 0.3) is 0 Å². The summed E-state index contributed by atoms with van der Waals surface area (Å²) >= 11 is 0. The van der Waals surface area contributed by atoms with Crippen molar-refractivity contribution in [3.05, 3.63) is 107 Å². The fourth-order valence-corrected chi connectivity index (χ4v) is 6.52. The number of rotatable bonds is 0. The topological polar surface area (TPSA) is 43.1 Å². The van der Waals surface area contributed by atoms with Gasteiger partial charge in [0.2, 0.25) is 0 Å². The first-order valence-corrected chi connectivity index (χ1v) is 12.1. The summed E-state index contributed by atoms with van der Waals surface area (Å²) in [5, 5.41) is 3.56. The first-order chi connectivity index (χ1) is 17.4. The van der Waals surface area contributed by atoms with Crippen LogP contribution in [0, 0.1) is 0 Å². The van der Waals surface area contributed by atoms with E-state index in [9.17, 15) is 0 Å². The molecule has 7 aromatic rings. The number of benzene rings is 3. The number of pyridine rings is 3. The minimum atomic E-state index is 0.857. The lowest BCUT2D eigenvalue weighted by atomic mass is 9.93. The third kappa shape index (κ3) is 2.11. The number of hydrogen-bond acceptors (Lipinski definition) is 3. The zero-order chi connectivity index (χ0) is 22.7. The van der Waals surface area contributed by atoms with Crippen molar-refractivity contribution in [2.75, 3.05) is 0 Å². The molecule has 0 amide bonds. The van der Waals surface area contributed by atoms with Crippen LogP contribution in [-0.4, -0.2) is 19.4 Å². The van der Waals surface area contributed by atoms with E-state index < -0.39 is 0 Å². The van der Waals surface area contributed by atoms with Gasteiger partial charge in [-0.2, -0.15) is 0 Å². The van der Waals surface area contributed by atoms with E-state index in [1.807, 2.05) is 30.6 Å². The Balaban J connectivity index is 1.47. The molecule has 4 heteroatoms. The molecule has 4 nitrogen and oxygen atoms in total. The third-order valence-corrected chi connectivity index (χ3v) is 7.92. The molecule has 0 N–H and O–H groups in total. The quantitative estimate of drug-likeness (QED) is 0.243. The van der Waals surface area contributed by atoms with Gasteiger partial charge >= 0.3 is 0 Å². The van der Waals surface area contributed by atoms with Gasteiger partial charge in [-0.05, 0) is 87.0 Å². The molecule has 0 saturated heterocycles. The van der Waals surface area contributed by atoms with Gasteiger partial charge in [0.05, 0.1) is 0 Å². The highest BCUT2D eigenvalue weighted by atomic mass is 15.1. The number of aromatic nitrogens is 4. The molecule has 0 saturated carbocycles. The molecule has 4 aromatic heterocycles. The summed E-state index contributed by atoms with van der Waals surface area (Å²) < 4.78 is 2.15. The van der Waals surface area contributed by atoms with Gasteiger partial charge in [-0.3, -0.25) is 4.40 Å². The maximum atomic E-state index is 5.10. The molecule has 0 spiro atoms. The van der Waals surface area contributed by atoms with Crippen LogP contribution in [0.15, 0.2) is 85.2 Å². The SMILES string of the molecule is c1ccc2c(c1)Cc1ccc3c(c1-2)-c1ccc2c4cccnc4n4c5ncccc5nc4c2c1C3. The van der Waals surface area contributed by atoms with Crippen LogP contribution in [0.4, 0.5) is 0 Å². The Kier molecular flexibility index (Phi) is 3.11. The average molecular weight is 447 g/mol. The normalized spacial score (nSPS) is 13.5. The van der Waals surface area contributed by atoms with Crippen LogP contribution in [0.2, 0.25) is 0 Å². The zero-order valence-electron chi connectivity index (χ0n) is 18.8. The lowest BCUT2D eigenvalue weighted by Gasteiger charge is -2.13. The molecule has 4 heterocycles. The van der Waals surface area contributed by atoms with E-state index in [0.29, 0.717) is 0 Å². The van der Waals surface area contributed by atoms with E-state index in [1.165, 1.54) is 55.3 Å². The lowest BCUT2D eigenvalue weighted by Crippen LogP contribution is -1.97. The summed E-state index contributed by atoms with van der Waals surface area (Å²) in [4.78, 5) is 14.6. The molecule has 0 bridgehead atoms. The average Bonchev–Trinajstić information content (AvgIpc) is 3.59. The predicted molar refractivity (Wildman–Crippen MR) is 140 cm³/mol. The van der Waals surface area contributed by atoms with Gasteiger partial charge in [0, 0.05) is 23.2 Å². The van der Waals surface area contributed by atoms with Crippen molar-refractivity contribution in [1.82, 2.24) is 19.4 Å². The molecule has 9 rings (SSSR count). The Morgan fingerprint density at radius 3 is 2.31 bits per heavy atom. The largest absolute Gasteiger partial charge is 0.260 e. The van der Waals surface area contributed by atoms with E-state index in [4.69, 9.17) is 15.0 Å². The fourth-order valence-electron chi connectivity index (χ4n) is 6.52. The van der Waals surface area contributed by atoms with Gasteiger partial charge in [-0.15, -0.1) is 0 Å². The van der Waals surface area contributed by atoms with Crippen molar-refractivity contribution >= 4 is 38.6 Å². The maximum absolute atomic E-state index is 5.10. The van der Waals surface area contributed by atoms with Gasteiger partial charge in [-0.1, -0.05) is 48.5 Å². The summed E-state index contributed by atoms with van der Waals surface area (Å²) in [7, 11) is 0. The zero-order valence-corrected chi connectivity index (χ0v) is 18.8. The van der Waals surface area contributed by atoms with Crippen LogP contribution >= 0.6 is 0 Å². The summed E-state index contributed by atoms with van der Waals surface area (Å²) in [6, 6.07) is 26.3. The second-order valence-electron chi connectivity index (χ2n) is 9.65. The first kappa shape index (κ1) is 17.8. The highest BCUT2D eigenvalue weighted by molar-refractivity contribution is 6.16. The number of imidazole rings is 1. The molecule has 0 radical (unpaired) electrons. The molecule has 3 aromatic carbocycles. The monoisotopic (exact) mass is 446 g/mol. The van der Waals surface area contributed by atoms with Crippen molar-refractivity contribution in [1.29, 1.82) is 0 Å². The second kappa shape index (κ2) is 6.10. The molecule has 35 heavy (non-hydrogen) atoms. The van der Waals surface area contributed by atoms with Crippen molar-refractivity contribution in [2.24, 2.45) is 0 Å². The van der Waals surface area contributed by atoms with Crippen LogP contribution in [0.3, 0.4) is 0 Å². The molecule has 0 aliphatic heterocycles. The van der Waals surface area contributed by atoms with Gasteiger partial charge in [-0.25, -0.2) is 15.0 Å². The Hall–Kier alpha value is -4.57. The first-order valence-electron chi connectivity index (χ1n) is 12.1. The van der Waals surface area contributed by atoms with Crippen molar-refractivity contribution < 1.29 is 0 Å². The Bertz CT molecular complexity index is 2070. The molecule has 2 aliphatic rings. The highest BCUT2D eigenvalue weighted by Gasteiger charge is 2.30.